The van der Waals surface area contributed by atoms with Crippen LogP contribution in [0.15, 0.2) is 41.1 Å². The van der Waals surface area contributed by atoms with Crippen LogP contribution in [0, 0.1) is 0 Å². The van der Waals surface area contributed by atoms with E-state index in [-0.39, 0.29) is 6.04 Å². The Labute approximate surface area is 88.3 Å². The predicted molar refractivity (Wildman–Crippen MR) is 56.3 cm³/mol. The van der Waals surface area contributed by atoms with Crippen LogP contribution >= 0.6 is 0 Å². The van der Waals surface area contributed by atoms with E-state index in [0.29, 0.717) is 5.89 Å². The van der Waals surface area contributed by atoms with Gasteiger partial charge in [0, 0.05) is 0 Å². The first-order valence-corrected chi connectivity index (χ1v) is 4.96. The summed E-state index contributed by atoms with van der Waals surface area (Å²) in [6, 6.07) is 10.0. The Morgan fingerprint density at radius 3 is 2.73 bits per heavy atom. The standard InChI is InChI=1S/C11H13N3O/c1-2-12-10(11-14-13-8-15-11)9-6-4-3-5-7-9/h3-8,10,12H,2H2,1H3. The van der Waals surface area contributed by atoms with Crippen LogP contribution in [0.3, 0.4) is 0 Å². The molecule has 0 saturated heterocycles. The van der Waals surface area contributed by atoms with Crippen molar-refractivity contribution in [2.24, 2.45) is 0 Å². The van der Waals surface area contributed by atoms with Crippen molar-refractivity contribution < 1.29 is 4.42 Å². The molecular weight excluding hydrogens is 190 g/mol. The van der Waals surface area contributed by atoms with E-state index in [0.717, 1.165) is 12.1 Å². The molecule has 1 aromatic carbocycles. The molecule has 1 unspecified atom stereocenters. The van der Waals surface area contributed by atoms with Gasteiger partial charge in [-0.1, -0.05) is 37.3 Å². The van der Waals surface area contributed by atoms with E-state index in [1.165, 1.54) is 6.39 Å². The zero-order chi connectivity index (χ0) is 10.5. The number of nitrogens with zero attached hydrogens (tertiary/aromatic N) is 2. The molecule has 2 aromatic rings. The van der Waals surface area contributed by atoms with Gasteiger partial charge in [-0.25, -0.2) is 0 Å². The van der Waals surface area contributed by atoms with Crippen LogP contribution in [0.4, 0.5) is 0 Å². The second-order valence-electron chi connectivity index (χ2n) is 3.18. The molecule has 1 atom stereocenters. The molecule has 78 valence electrons. The van der Waals surface area contributed by atoms with Crippen LogP contribution in [0.25, 0.3) is 0 Å². The first-order chi connectivity index (χ1) is 7.42. The Hall–Kier alpha value is -1.68. The summed E-state index contributed by atoms with van der Waals surface area (Å²) in [7, 11) is 0. The van der Waals surface area contributed by atoms with Crippen molar-refractivity contribution in [1.29, 1.82) is 0 Å². The normalized spacial score (nSPS) is 12.6. The molecule has 0 aliphatic rings. The Balaban J connectivity index is 2.28. The highest BCUT2D eigenvalue weighted by atomic mass is 16.4. The quantitative estimate of drug-likeness (QED) is 0.822. The van der Waals surface area contributed by atoms with Crippen LogP contribution in [0.5, 0.6) is 0 Å². The van der Waals surface area contributed by atoms with Gasteiger partial charge in [0.1, 0.15) is 6.04 Å². The maximum absolute atomic E-state index is 5.22. The third-order valence-corrected chi connectivity index (χ3v) is 2.16. The summed E-state index contributed by atoms with van der Waals surface area (Å²) in [4.78, 5) is 0. The second kappa shape index (κ2) is 4.70. The molecule has 4 heteroatoms. The van der Waals surface area contributed by atoms with Gasteiger partial charge in [0.25, 0.3) is 0 Å². The van der Waals surface area contributed by atoms with Crippen molar-refractivity contribution in [2.75, 3.05) is 6.54 Å². The summed E-state index contributed by atoms with van der Waals surface area (Å²) in [6.07, 6.45) is 1.35. The van der Waals surface area contributed by atoms with E-state index in [4.69, 9.17) is 4.42 Å². The Morgan fingerprint density at radius 1 is 1.33 bits per heavy atom. The molecule has 2 rings (SSSR count). The van der Waals surface area contributed by atoms with Crippen LogP contribution in [-0.4, -0.2) is 16.7 Å². The minimum absolute atomic E-state index is 0.0151. The Morgan fingerprint density at radius 2 is 2.13 bits per heavy atom. The summed E-state index contributed by atoms with van der Waals surface area (Å²) in [5.41, 5.74) is 1.13. The van der Waals surface area contributed by atoms with Gasteiger partial charge in [-0.3, -0.25) is 0 Å². The van der Waals surface area contributed by atoms with Crippen molar-refractivity contribution in [3.63, 3.8) is 0 Å². The molecule has 0 bridgehead atoms. The summed E-state index contributed by atoms with van der Waals surface area (Å²) < 4.78 is 5.22. The molecule has 1 N–H and O–H groups in total. The number of aromatic nitrogens is 2. The summed E-state index contributed by atoms with van der Waals surface area (Å²) in [6.45, 7) is 2.90. The zero-order valence-corrected chi connectivity index (χ0v) is 8.55. The zero-order valence-electron chi connectivity index (χ0n) is 8.55. The molecule has 15 heavy (non-hydrogen) atoms. The van der Waals surface area contributed by atoms with Crippen LogP contribution in [-0.2, 0) is 0 Å². The third kappa shape index (κ3) is 2.22. The summed E-state index contributed by atoms with van der Waals surface area (Å²) in [5, 5.41) is 10.9. The maximum Gasteiger partial charge on any atom is 0.237 e. The lowest BCUT2D eigenvalue weighted by molar-refractivity contribution is 0.436. The fraction of sp³-hybridized carbons (Fsp3) is 0.273. The van der Waals surface area contributed by atoms with Gasteiger partial charge in [-0.05, 0) is 12.1 Å². The molecule has 0 fully saturated rings. The Kier molecular flexibility index (Phi) is 3.09. The molecule has 0 aliphatic heterocycles. The number of hydrogen-bond acceptors (Lipinski definition) is 4. The smallest absolute Gasteiger partial charge is 0.237 e. The van der Waals surface area contributed by atoms with E-state index in [1.807, 2.05) is 37.3 Å². The van der Waals surface area contributed by atoms with E-state index >= 15 is 0 Å². The van der Waals surface area contributed by atoms with Gasteiger partial charge in [0.15, 0.2) is 0 Å². The molecule has 0 aliphatic carbocycles. The first kappa shape index (κ1) is 9.86. The molecular formula is C11H13N3O. The van der Waals surface area contributed by atoms with Gasteiger partial charge >= 0.3 is 0 Å². The van der Waals surface area contributed by atoms with Gasteiger partial charge in [0.2, 0.25) is 12.3 Å². The molecule has 1 heterocycles. The lowest BCUT2D eigenvalue weighted by atomic mass is 10.1. The minimum atomic E-state index is -0.0151. The van der Waals surface area contributed by atoms with Gasteiger partial charge < -0.3 is 9.73 Å². The largest absolute Gasteiger partial charge is 0.426 e. The molecule has 0 spiro atoms. The van der Waals surface area contributed by atoms with Crippen molar-refractivity contribution in [3.8, 4) is 0 Å². The number of nitrogens with one attached hydrogen (secondary N) is 1. The van der Waals surface area contributed by atoms with Crippen molar-refractivity contribution in [3.05, 3.63) is 48.2 Å². The average Bonchev–Trinajstić information content (AvgIpc) is 2.80. The lowest BCUT2D eigenvalue weighted by Crippen LogP contribution is -2.22. The second-order valence-corrected chi connectivity index (χ2v) is 3.18. The molecule has 0 radical (unpaired) electrons. The van der Waals surface area contributed by atoms with E-state index in [2.05, 4.69) is 15.5 Å². The lowest BCUT2D eigenvalue weighted by Gasteiger charge is -2.13. The monoisotopic (exact) mass is 203 g/mol. The molecule has 0 saturated carbocycles. The molecule has 4 nitrogen and oxygen atoms in total. The highest BCUT2D eigenvalue weighted by Crippen LogP contribution is 2.19. The maximum atomic E-state index is 5.22. The van der Waals surface area contributed by atoms with Crippen molar-refractivity contribution in [1.82, 2.24) is 15.5 Å². The summed E-state index contributed by atoms with van der Waals surface area (Å²) >= 11 is 0. The minimum Gasteiger partial charge on any atom is -0.426 e. The fourth-order valence-corrected chi connectivity index (χ4v) is 1.50. The molecule has 1 aromatic heterocycles. The topological polar surface area (TPSA) is 51.0 Å². The third-order valence-electron chi connectivity index (χ3n) is 2.16. The average molecular weight is 203 g/mol. The van der Waals surface area contributed by atoms with Crippen molar-refractivity contribution >= 4 is 0 Å². The van der Waals surface area contributed by atoms with Gasteiger partial charge in [0.05, 0.1) is 0 Å². The van der Waals surface area contributed by atoms with Crippen LogP contribution in [0.1, 0.15) is 24.4 Å². The van der Waals surface area contributed by atoms with E-state index in [1.54, 1.807) is 0 Å². The predicted octanol–water partition coefficient (Wildman–Crippen LogP) is 1.77. The summed E-state index contributed by atoms with van der Waals surface area (Å²) in [5.74, 6) is 0.600. The van der Waals surface area contributed by atoms with E-state index < -0.39 is 0 Å². The van der Waals surface area contributed by atoms with Crippen molar-refractivity contribution in [2.45, 2.75) is 13.0 Å². The van der Waals surface area contributed by atoms with Gasteiger partial charge in [-0.2, -0.15) is 0 Å². The van der Waals surface area contributed by atoms with Gasteiger partial charge in [-0.15, -0.1) is 10.2 Å². The molecule has 0 amide bonds. The van der Waals surface area contributed by atoms with E-state index in [9.17, 15) is 0 Å². The highest BCUT2D eigenvalue weighted by molar-refractivity contribution is 5.23. The first-order valence-electron chi connectivity index (χ1n) is 4.96. The van der Waals surface area contributed by atoms with Crippen LogP contribution < -0.4 is 5.32 Å². The number of benzene rings is 1. The highest BCUT2D eigenvalue weighted by Gasteiger charge is 2.17. The SMILES string of the molecule is CCNC(c1ccccc1)c1nnco1. The fourth-order valence-electron chi connectivity index (χ4n) is 1.50. The number of hydrogen-bond donors (Lipinski definition) is 1. The number of rotatable bonds is 4. The van der Waals surface area contributed by atoms with Crippen LogP contribution in [0.2, 0.25) is 0 Å². The Bertz CT molecular complexity index is 385.